The standard InChI is InChI=1S/C14H25N3O3S/c1-3-7-17-11-14(21(18,19)16-6-8-20-2)9-13(17)10-15-12-4-5-12/h9,11-12,15-16H,3-8,10H2,1-2H3. The molecule has 7 heteroatoms. The van der Waals surface area contributed by atoms with Crippen molar-refractivity contribution in [3.05, 3.63) is 18.0 Å². The average molecular weight is 315 g/mol. The van der Waals surface area contributed by atoms with Crippen LogP contribution in [0.5, 0.6) is 0 Å². The number of nitrogens with zero attached hydrogens (tertiary/aromatic N) is 1. The van der Waals surface area contributed by atoms with Gasteiger partial charge in [-0.1, -0.05) is 6.92 Å². The molecule has 2 rings (SSSR count). The number of sulfonamides is 1. The zero-order valence-electron chi connectivity index (χ0n) is 12.8. The van der Waals surface area contributed by atoms with E-state index in [0.717, 1.165) is 25.2 Å². The first-order chi connectivity index (χ1) is 10.1. The van der Waals surface area contributed by atoms with E-state index >= 15 is 0 Å². The van der Waals surface area contributed by atoms with E-state index in [0.29, 0.717) is 17.5 Å². The summed E-state index contributed by atoms with van der Waals surface area (Å²) in [4.78, 5) is 0.333. The molecule has 1 aromatic rings. The molecule has 0 unspecified atom stereocenters. The molecule has 0 bridgehead atoms. The van der Waals surface area contributed by atoms with E-state index < -0.39 is 10.0 Å². The lowest BCUT2D eigenvalue weighted by Gasteiger charge is -2.07. The van der Waals surface area contributed by atoms with Crippen LogP contribution in [0.25, 0.3) is 0 Å². The van der Waals surface area contributed by atoms with Gasteiger partial charge in [0.2, 0.25) is 10.0 Å². The summed E-state index contributed by atoms with van der Waals surface area (Å²) >= 11 is 0. The van der Waals surface area contributed by atoms with Gasteiger partial charge in [0.25, 0.3) is 0 Å². The zero-order valence-corrected chi connectivity index (χ0v) is 13.6. The largest absolute Gasteiger partial charge is 0.383 e. The van der Waals surface area contributed by atoms with Crippen LogP contribution in [0.2, 0.25) is 0 Å². The molecule has 1 aliphatic carbocycles. The predicted octanol–water partition coefficient (Wildman–Crippen LogP) is 1.07. The molecule has 1 aliphatic rings. The van der Waals surface area contributed by atoms with Gasteiger partial charge in [0.05, 0.1) is 11.5 Å². The summed E-state index contributed by atoms with van der Waals surface area (Å²) in [6.45, 7) is 4.29. The first-order valence-electron chi connectivity index (χ1n) is 7.48. The Kier molecular flexibility index (Phi) is 5.80. The summed E-state index contributed by atoms with van der Waals surface area (Å²) in [5.41, 5.74) is 1.02. The third-order valence-corrected chi connectivity index (χ3v) is 4.91. The van der Waals surface area contributed by atoms with E-state index in [2.05, 4.69) is 17.0 Å². The van der Waals surface area contributed by atoms with E-state index in [4.69, 9.17) is 4.74 Å². The van der Waals surface area contributed by atoms with Crippen molar-refractivity contribution in [2.75, 3.05) is 20.3 Å². The molecule has 0 aromatic carbocycles. The van der Waals surface area contributed by atoms with Crippen LogP contribution in [-0.4, -0.2) is 39.3 Å². The van der Waals surface area contributed by atoms with Crippen LogP contribution in [0.4, 0.5) is 0 Å². The Morgan fingerprint density at radius 3 is 2.81 bits per heavy atom. The number of nitrogens with one attached hydrogen (secondary N) is 2. The molecule has 6 nitrogen and oxygen atoms in total. The van der Waals surface area contributed by atoms with Gasteiger partial charge in [0.1, 0.15) is 0 Å². The molecule has 1 saturated carbocycles. The Morgan fingerprint density at radius 2 is 2.19 bits per heavy atom. The summed E-state index contributed by atoms with van der Waals surface area (Å²) in [6.07, 6.45) is 5.14. The molecule has 1 aromatic heterocycles. The minimum atomic E-state index is -3.45. The summed E-state index contributed by atoms with van der Waals surface area (Å²) in [5, 5.41) is 3.43. The molecule has 120 valence electrons. The maximum atomic E-state index is 12.2. The van der Waals surface area contributed by atoms with Gasteiger partial charge in [-0.25, -0.2) is 13.1 Å². The fourth-order valence-corrected chi connectivity index (χ4v) is 3.24. The second-order valence-electron chi connectivity index (χ2n) is 5.41. The third-order valence-electron chi connectivity index (χ3n) is 3.48. The van der Waals surface area contributed by atoms with Crippen molar-refractivity contribution < 1.29 is 13.2 Å². The van der Waals surface area contributed by atoms with Crippen molar-refractivity contribution in [3.8, 4) is 0 Å². The van der Waals surface area contributed by atoms with Crippen LogP contribution < -0.4 is 10.0 Å². The fraction of sp³-hybridized carbons (Fsp3) is 0.714. The average Bonchev–Trinajstić information content (AvgIpc) is 3.18. The molecule has 2 N–H and O–H groups in total. The van der Waals surface area contributed by atoms with Crippen LogP contribution in [-0.2, 0) is 27.8 Å². The van der Waals surface area contributed by atoms with Crippen molar-refractivity contribution in [1.82, 2.24) is 14.6 Å². The van der Waals surface area contributed by atoms with E-state index in [9.17, 15) is 8.42 Å². The number of aromatic nitrogens is 1. The quantitative estimate of drug-likeness (QED) is 0.634. The summed E-state index contributed by atoms with van der Waals surface area (Å²) in [5.74, 6) is 0. The molecule has 0 spiro atoms. The van der Waals surface area contributed by atoms with Crippen LogP contribution in [0.3, 0.4) is 0 Å². The van der Waals surface area contributed by atoms with Gasteiger partial charge in [-0.05, 0) is 25.3 Å². The summed E-state index contributed by atoms with van der Waals surface area (Å²) in [7, 11) is -1.90. The highest BCUT2D eigenvalue weighted by atomic mass is 32.2. The van der Waals surface area contributed by atoms with Crippen LogP contribution in [0.1, 0.15) is 31.9 Å². The Hall–Kier alpha value is -0.890. The number of hydrogen-bond donors (Lipinski definition) is 2. The van der Waals surface area contributed by atoms with Crippen molar-refractivity contribution in [2.24, 2.45) is 0 Å². The normalized spacial score (nSPS) is 15.5. The maximum Gasteiger partial charge on any atom is 0.242 e. The Balaban J connectivity index is 2.08. The van der Waals surface area contributed by atoms with E-state index in [1.54, 1.807) is 19.4 Å². The topological polar surface area (TPSA) is 72.4 Å². The zero-order chi connectivity index (χ0) is 15.3. The van der Waals surface area contributed by atoms with Crippen molar-refractivity contribution in [3.63, 3.8) is 0 Å². The molecule has 1 heterocycles. The second-order valence-corrected chi connectivity index (χ2v) is 7.17. The Bertz CT molecular complexity index is 550. The monoisotopic (exact) mass is 315 g/mol. The van der Waals surface area contributed by atoms with Crippen LogP contribution in [0, 0.1) is 0 Å². The van der Waals surface area contributed by atoms with Gasteiger partial charge in [0.15, 0.2) is 0 Å². The van der Waals surface area contributed by atoms with E-state index in [-0.39, 0.29) is 6.54 Å². The van der Waals surface area contributed by atoms with Crippen molar-refractivity contribution in [1.29, 1.82) is 0 Å². The van der Waals surface area contributed by atoms with Gasteiger partial charge in [-0.2, -0.15) is 0 Å². The van der Waals surface area contributed by atoms with E-state index in [1.807, 2.05) is 4.57 Å². The molecule has 21 heavy (non-hydrogen) atoms. The van der Waals surface area contributed by atoms with Gasteiger partial charge in [-0.3, -0.25) is 0 Å². The van der Waals surface area contributed by atoms with Crippen molar-refractivity contribution >= 4 is 10.0 Å². The molecule has 0 atom stereocenters. The number of aryl methyl sites for hydroxylation is 1. The summed E-state index contributed by atoms with van der Waals surface area (Å²) in [6, 6.07) is 2.37. The lowest BCUT2D eigenvalue weighted by molar-refractivity contribution is 0.204. The Labute approximate surface area is 126 Å². The summed E-state index contributed by atoms with van der Waals surface area (Å²) < 4.78 is 33.9. The highest BCUT2D eigenvalue weighted by Gasteiger charge is 2.22. The molecule has 0 radical (unpaired) electrons. The minimum Gasteiger partial charge on any atom is -0.383 e. The Morgan fingerprint density at radius 1 is 1.43 bits per heavy atom. The molecule has 0 amide bonds. The lowest BCUT2D eigenvalue weighted by atomic mass is 10.4. The first-order valence-corrected chi connectivity index (χ1v) is 8.96. The number of hydrogen-bond acceptors (Lipinski definition) is 4. The van der Waals surface area contributed by atoms with Gasteiger partial charge < -0.3 is 14.6 Å². The molecule has 1 fully saturated rings. The van der Waals surface area contributed by atoms with Crippen LogP contribution >= 0.6 is 0 Å². The lowest BCUT2D eigenvalue weighted by Crippen LogP contribution is -2.26. The van der Waals surface area contributed by atoms with Crippen LogP contribution in [0.15, 0.2) is 17.2 Å². The van der Waals surface area contributed by atoms with E-state index in [1.165, 1.54) is 12.8 Å². The number of methoxy groups -OCH3 is 1. The predicted molar refractivity (Wildman–Crippen MR) is 81.6 cm³/mol. The second kappa shape index (κ2) is 7.40. The molecule has 0 aliphatic heterocycles. The highest BCUT2D eigenvalue weighted by molar-refractivity contribution is 7.89. The number of rotatable bonds is 10. The smallest absolute Gasteiger partial charge is 0.242 e. The van der Waals surface area contributed by atoms with Gasteiger partial charge in [0, 0.05) is 44.7 Å². The fourth-order valence-electron chi connectivity index (χ4n) is 2.17. The van der Waals surface area contributed by atoms with Crippen molar-refractivity contribution in [2.45, 2.75) is 50.2 Å². The van der Waals surface area contributed by atoms with Gasteiger partial charge >= 0.3 is 0 Å². The third kappa shape index (κ3) is 4.81. The highest BCUT2D eigenvalue weighted by Crippen LogP contribution is 2.21. The minimum absolute atomic E-state index is 0.285. The molecule has 0 saturated heterocycles. The number of ether oxygens (including phenoxy) is 1. The first kappa shape index (κ1) is 16.5. The SMILES string of the molecule is CCCn1cc(S(=O)(=O)NCCOC)cc1CNC1CC1. The molecular formula is C14H25N3O3S. The van der Waals surface area contributed by atoms with Gasteiger partial charge in [-0.15, -0.1) is 0 Å². The molecular weight excluding hydrogens is 290 g/mol. The maximum absolute atomic E-state index is 12.2.